The van der Waals surface area contributed by atoms with Gasteiger partial charge in [0.2, 0.25) is 5.91 Å². The highest BCUT2D eigenvalue weighted by Crippen LogP contribution is 2.37. The summed E-state index contributed by atoms with van der Waals surface area (Å²) in [6, 6.07) is 0.404. The van der Waals surface area contributed by atoms with Crippen LogP contribution in [-0.4, -0.2) is 29.9 Å². The first-order chi connectivity index (χ1) is 9.19. The zero-order chi connectivity index (χ0) is 13.7. The van der Waals surface area contributed by atoms with Crippen molar-refractivity contribution >= 4 is 5.91 Å². The molecule has 1 aliphatic carbocycles. The second kappa shape index (κ2) is 6.74. The first-order valence-corrected chi connectivity index (χ1v) is 8.21. The number of carbonyl (C=O) groups excluding carboxylic acids is 1. The third-order valence-corrected chi connectivity index (χ3v) is 5.22. The molecule has 0 spiro atoms. The topological polar surface area (TPSA) is 46.3 Å². The van der Waals surface area contributed by atoms with Crippen molar-refractivity contribution in [2.75, 3.05) is 13.1 Å². The van der Waals surface area contributed by atoms with E-state index < -0.39 is 0 Å². The van der Waals surface area contributed by atoms with Crippen LogP contribution >= 0.6 is 0 Å². The molecule has 2 aliphatic rings. The number of hydrogen-bond donors (Lipinski definition) is 1. The fraction of sp³-hybridized carbons (Fsp3) is 0.938. The molecular formula is C16H30N2O. The summed E-state index contributed by atoms with van der Waals surface area (Å²) >= 11 is 0. The van der Waals surface area contributed by atoms with Crippen molar-refractivity contribution in [3.63, 3.8) is 0 Å². The van der Waals surface area contributed by atoms with E-state index in [2.05, 4.69) is 11.8 Å². The third kappa shape index (κ3) is 3.31. The van der Waals surface area contributed by atoms with Crippen LogP contribution in [0.2, 0.25) is 0 Å². The maximum Gasteiger partial charge on any atom is 0.230 e. The predicted octanol–water partition coefficient (Wildman–Crippen LogP) is 3.08. The lowest BCUT2D eigenvalue weighted by Crippen LogP contribution is -2.50. The second-order valence-corrected chi connectivity index (χ2v) is 6.60. The minimum atomic E-state index is -0.241. The van der Waals surface area contributed by atoms with Crippen molar-refractivity contribution in [3.8, 4) is 0 Å². The van der Waals surface area contributed by atoms with Crippen molar-refractivity contribution in [1.82, 2.24) is 4.90 Å². The number of likely N-dealkylation sites (tertiary alicyclic amines) is 1. The first kappa shape index (κ1) is 14.8. The number of nitrogens with zero attached hydrogens (tertiary/aromatic N) is 1. The molecule has 2 N–H and O–H groups in total. The molecule has 1 unspecified atom stereocenters. The molecule has 3 heteroatoms. The van der Waals surface area contributed by atoms with Gasteiger partial charge in [0.1, 0.15) is 0 Å². The average molecular weight is 266 g/mol. The van der Waals surface area contributed by atoms with Crippen molar-refractivity contribution in [3.05, 3.63) is 0 Å². The van der Waals surface area contributed by atoms with Gasteiger partial charge in [0.05, 0.1) is 5.41 Å². The van der Waals surface area contributed by atoms with Gasteiger partial charge in [0.15, 0.2) is 0 Å². The molecule has 3 nitrogen and oxygen atoms in total. The number of amides is 1. The van der Waals surface area contributed by atoms with Crippen LogP contribution in [0.3, 0.4) is 0 Å². The standard InChI is InChI=1S/C16H30N2O/c1-14-9-5-4-8-12-18(14)15(19)16(13-17)10-6-2-3-7-11-16/h14H,2-13,17H2,1H3. The summed E-state index contributed by atoms with van der Waals surface area (Å²) in [5.74, 6) is 0.367. The van der Waals surface area contributed by atoms with E-state index in [1.54, 1.807) is 0 Å². The fourth-order valence-electron chi connectivity index (χ4n) is 3.79. The van der Waals surface area contributed by atoms with Crippen LogP contribution in [0.25, 0.3) is 0 Å². The number of hydrogen-bond acceptors (Lipinski definition) is 2. The van der Waals surface area contributed by atoms with Gasteiger partial charge < -0.3 is 10.6 Å². The zero-order valence-electron chi connectivity index (χ0n) is 12.5. The number of carbonyl (C=O) groups is 1. The van der Waals surface area contributed by atoms with E-state index in [1.807, 2.05) is 0 Å². The minimum absolute atomic E-state index is 0.241. The number of nitrogens with two attached hydrogens (primary N) is 1. The lowest BCUT2D eigenvalue weighted by atomic mass is 9.78. The normalized spacial score (nSPS) is 28.5. The molecule has 1 atom stereocenters. The van der Waals surface area contributed by atoms with Gasteiger partial charge in [-0.3, -0.25) is 4.79 Å². The Bertz CT molecular complexity index is 295. The summed E-state index contributed by atoms with van der Waals surface area (Å²) < 4.78 is 0. The Balaban J connectivity index is 2.13. The van der Waals surface area contributed by atoms with E-state index in [0.717, 1.165) is 32.2 Å². The van der Waals surface area contributed by atoms with Crippen LogP contribution < -0.4 is 5.73 Å². The van der Waals surface area contributed by atoms with Crippen LogP contribution in [0, 0.1) is 5.41 Å². The van der Waals surface area contributed by atoms with Gasteiger partial charge >= 0.3 is 0 Å². The van der Waals surface area contributed by atoms with Crippen molar-refractivity contribution < 1.29 is 4.79 Å². The molecule has 0 bridgehead atoms. The molecule has 19 heavy (non-hydrogen) atoms. The molecule has 0 aromatic carbocycles. The average Bonchev–Trinajstić information content (AvgIpc) is 2.78. The Kier molecular flexibility index (Phi) is 5.26. The van der Waals surface area contributed by atoms with Gasteiger partial charge in [-0.2, -0.15) is 0 Å². The SMILES string of the molecule is CC1CCCCCN1C(=O)C1(CN)CCCCCC1. The highest BCUT2D eigenvalue weighted by molar-refractivity contribution is 5.83. The highest BCUT2D eigenvalue weighted by Gasteiger charge is 2.41. The molecule has 1 saturated carbocycles. The maximum absolute atomic E-state index is 13.1. The largest absolute Gasteiger partial charge is 0.339 e. The van der Waals surface area contributed by atoms with E-state index in [4.69, 9.17) is 5.73 Å². The van der Waals surface area contributed by atoms with Crippen LogP contribution in [0.4, 0.5) is 0 Å². The van der Waals surface area contributed by atoms with Crippen LogP contribution in [0.1, 0.15) is 71.1 Å². The van der Waals surface area contributed by atoms with E-state index in [9.17, 15) is 4.79 Å². The highest BCUT2D eigenvalue weighted by atomic mass is 16.2. The number of rotatable bonds is 2. The van der Waals surface area contributed by atoms with Crippen molar-refractivity contribution in [2.24, 2.45) is 11.1 Å². The van der Waals surface area contributed by atoms with Crippen LogP contribution in [0.15, 0.2) is 0 Å². The fourth-order valence-corrected chi connectivity index (χ4v) is 3.79. The molecule has 0 aromatic heterocycles. The lowest BCUT2D eigenvalue weighted by Gasteiger charge is -2.38. The molecule has 110 valence electrons. The predicted molar refractivity (Wildman–Crippen MR) is 78.8 cm³/mol. The molecule has 1 saturated heterocycles. The quantitative estimate of drug-likeness (QED) is 0.781. The maximum atomic E-state index is 13.1. The van der Waals surface area contributed by atoms with Crippen molar-refractivity contribution in [1.29, 1.82) is 0 Å². The van der Waals surface area contributed by atoms with Gasteiger partial charge in [0, 0.05) is 19.1 Å². The summed E-state index contributed by atoms with van der Waals surface area (Å²) in [4.78, 5) is 15.2. The van der Waals surface area contributed by atoms with Crippen LogP contribution in [-0.2, 0) is 4.79 Å². The summed E-state index contributed by atoms with van der Waals surface area (Å²) in [6.07, 6.45) is 11.7. The smallest absolute Gasteiger partial charge is 0.230 e. The van der Waals surface area contributed by atoms with Crippen molar-refractivity contribution in [2.45, 2.75) is 77.2 Å². The Morgan fingerprint density at radius 1 is 1.11 bits per heavy atom. The monoisotopic (exact) mass is 266 g/mol. The molecular weight excluding hydrogens is 236 g/mol. The molecule has 2 rings (SSSR count). The van der Waals surface area contributed by atoms with E-state index >= 15 is 0 Å². The molecule has 1 heterocycles. The Morgan fingerprint density at radius 2 is 1.74 bits per heavy atom. The van der Waals surface area contributed by atoms with Gasteiger partial charge in [-0.1, -0.05) is 38.5 Å². The van der Waals surface area contributed by atoms with Gasteiger partial charge in [-0.25, -0.2) is 0 Å². The zero-order valence-corrected chi connectivity index (χ0v) is 12.5. The Labute approximate surface area is 117 Å². The van der Waals surface area contributed by atoms with Gasteiger partial charge in [-0.15, -0.1) is 0 Å². The summed E-state index contributed by atoms with van der Waals surface area (Å²) in [5.41, 5.74) is 5.81. The molecule has 0 aromatic rings. The molecule has 1 amide bonds. The minimum Gasteiger partial charge on any atom is -0.339 e. The summed E-state index contributed by atoms with van der Waals surface area (Å²) in [7, 11) is 0. The van der Waals surface area contributed by atoms with E-state index in [1.165, 1.54) is 38.5 Å². The molecule has 0 radical (unpaired) electrons. The lowest BCUT2D eigenvalue weighted by molar-refractivity contribution is -0.144. The van der Waals surface area contributed by atoms with Gasteiger partial charge in [-0.05, 0) is 32.6 Å². The van der Waals surface area contributed by atoms with Crippen LogP contribution in [0.5, 0.6) is 0 Å². The second-order valence-electron chi connectivity index (χ2n) is 6.60. The summed E-state index contributed by atoms with van der Waals surface area (Å²) in [6.45, 7) is 3.70. The molecule has 1 aliphatic heterocycles. The van der Waals surface area contributed by atoms with E-state index in [-0.39, 0.29) is 5.41 Å². The van der Waals surface area contributed by atoms with E-state index in [0.29, 0.717) is 18.5 Å². The Morgan fingerprint density at radius 3 is 2.37 bits per heavy atom. The third-order valence-electron chi connectivity index (χ3n) is 5.22. The summed E-state index contributed by atoms with van der Waals surface area (Å²) in [5, 5.41) is 0. The first-order valence-electron chi connectivity index (χ1n) is 8.21. The van der Waals surface area contributed by atoms with Gasteiger partial charge in [0.25, 0.3) is 0 Å². The molecule has 2 fully saturated rings. The Hall–Kier alpha value is -0.570.